The lowest BCUT2D eigenvalue weighted by molar-refractivity contribution is 0.114. The average Bonchev–Trinajstić information content (AvgIpc) is 3.05. The molecule has 134 valence electrons. The van der Waals surface area contributed by atoms with Crippen molar-refractivity contribution in [2.24, 2.45) is 10.9 Å². The van der Waals surface area contributed by atoms with Crippen LogP contribution in [0.5, 0.6) is 0 Å². The van der Waals surface area contributed by atoms with E-state index in [-0.39, 0.29) is 12.1 Å². The molecule has 1 fully saturated rings. The number of halogens is 1. The first-order valence-corrected chi connectivity index (χ1v) is 8.69. The number of likely N-dealkylation sites (tertiary alicyclic amines) is 1. The highest BCUT2D eigenvalue weighted by atomic mass is 19.1. The van der Waals surface area contributed by atoms with E-state index in [0.717, 1.165) is 45.2 Å². The van der Waals surface area contributed by atoms with E-state index in [1.807, 2.05) is 13.8 Å². The number of aliphatic hydroxyl groups excluding tert-OH is 1. The number of ether oxygens (including phenoxy) is 1. The van der Waals surface area contributed by atoms with E-state index >= 15 is 0 Å². The smallest absolute Gasteiger partial charge is 0.194 e. The van der Waals surface area contributed by atoms with Gasteiger partial charge in [0.2, 0.25) is 0 Å². The zero-order chi connectivity index (χ0) is 17.4. The number of guanidine groups is 1. The van der Waals surface area contributed by atoms with E-state index in [1.165, 1.54) is 6.07 Å². The standard InChI is InChI=1S/C18H28FN3O2/c1-3-20-18(22-10-9-14(12-22)13-24-4-2)21-11-17(23)15-7-5-6-8-16(15)19/h5-8,14,17,23H,3-4,9-13H2,1-2H3,(H,20,21). The van der Waals surface area contributed by atoms with Crippen molar-refractivity contribution >= 4 is 5.96 Å². The molecule has 1 heterocycles. The number of aliphatic hydroxyl groups is 1. The molecule has 0 spiro atoms. The lowest BCUT2D eigenvalue weighted by atomic mass is 10.1. The molecular formula is C18H28FN3O2. The summed E-state index contributed by atoms with van der Waals surface area (Å²) >= 11 is 0. The quantitative estimate of drug-likeness (QED) is 0.591. The van der Waals surface area contributed by atoms with Gasteiger partial charge in [0.15, 0.2) is 5.96 Å². The fourth-order valence-corrected chi connectivity index (χ4v) is 2.89. The summed E-state index contributed by atoms with van der Waals surface area (Å²) in [6, 6.07) is 6.28. The van der Waals surface area contributed by atoms with Gasteiger partial charge in [0.25, 0.3) is 0 Å². The lowest BCUT2D eigenvalue weighted by Gasteiger charge is -2.22. The van der Waals surface area contributed by atoms with Crippen molar-refractivity contribution < 1.29 is 14.2 Å². The van der Waals surface area contributed by atoms with Gasteiger partial charge in [0.05, 0.1) is 13.2 Å². The molecule has 0 saturated carbocycles. The second-order valence-corrected chi connectivity index (χ2v) is 5.99. The highest BCUT2D eigenvalue weighted by Crippen LogP contribution is 2.19. The molecule has 2 N–H and O–H groups in total. The van der Waals surface area contributed by atoms with E-state index in [0.29, 0.717) is 5.92 Å². The Kier molecular flexibility index (Phi) is 7.46. The molecule has 0 radical (unpaired) electrons. The SMILES string of the molecule is CCNC(=NCC(O)c1ccccc1F)N1CCC(COCC)C1. The van der Waals surface area contributed by atoms with E-state index in [2.05, 4.69) is 15.2 Å². The molecule has 0 aliphatic carbocycles. The Hall–Kier alpha value is -1.66. The molecule has 24 heavy (non-hydrogen) atoms. The fraction of sp³-hybridized carbons (Fsp3) is 0.611. The predicted molar refractivity (Wildman–Crippen MR) is 93.5 cm³/mol. The molecule has 1 aromatic rings. The second kappa shape index (κ2) is 9.59. The van der Waals surface area contributed by atoms with Gasteiger partial charge in [-0.15, -0.1) is 0 Å². The minimum Gasteiger partial charge on any atom is -0.386 e. The maximum absolute atomic E-state index is 13.7. The third kappa shape index (κ3) is 5.18. The molecule has 0 aromatic heterocycles. The Labute approximate surface area is 143 Å². The van der Waals surface area contributed by atoms with Gasteiger partial charge < -0.3 is 20.1 Å². The van der Waals surface area contributed by atoms with Gasteiger partial charge in [-0.25, -0.2) is 4.39 Å². The zero-order valence-electron chi connectivity index (χ0n) is 14.5. The fourth-order valence-electron chi connectivity index (χ4n) is 2.89. The highest BCUT2D eigenvalue weighted by molar-refractivity contribution is 5.80. The highest BCUT2D eigenvalue weighted by Gasteiger charge is 2.25. The van der Waals surface area contributed by atoms with E-state index in [9.17, 15) is 9.50 Å². The van der Waals surface area contributed by atoms with Gasteiger partial charge in [-0.1, -0.05) is 18.2 Å². The maximum Gasteiger partial charge on any atom is 0.194 e. The summed E-state index contributed by atoms with van der Waals surface area (Å²) in [7, 11) is 0. The van der Waals surface area contributed by atoms with Gasteiger partial charge in [-0.2, -0.15) is 0 Å². The summed E-state index contributed by atoms with van der Waals surface area (Å²) in [4.78, 5) is 6.68. The van der Waals surface area contributed by atoms with Crippen molar-refractivity contribution in [3.63, 3.8) is 0 Å². The number of nitrogens with zero attached hydrogens (tertiary/aromatic N) is 2. The van der Waals surface area contributed by atoms with Crippen LogP contribution in [-0.2, 0) is 4.74 Å². The van der Waals surface area contributed by atoms with Crippen molar-refractivity contribution in [3.8, 4) is 0 Å². The molecule has 2 unspecified atom stereocenters. The summed E-state index contributed by atoms with van der Waals surface area (Å²) in [6.45, 7) is 8.21. The van der Waals surface area contributed by atoms with Crippen molar-refractivity contribution in [3.05, 3.63) is 35.6 Å². The third-order valence-electron chi connectivity index (χ3n) is 4.16. The molecular weight excluding hydrogens is 309 g/mol. The monoisotopic (exact) mass is 337 g/mol. The number of hydrogen-bond acceptors (Lipinski definition) is 3. The number of benzene rings is 1. The van der Waals surface area contributed by atoms with Crippen LogP contribution in [0.3, 0.4) is 0 Å². The van der Waals surface area contributed by atoms with Crippen LogP contribution in [0.4, 0.5) is 4.39 Å². The Morgan fingerprint density at radius 3 is 2.96 bits per heavy atom. The van der Waals surface area contributed by atoms with Crippen LogP contribution in [0, 0.1) is 11.7 Å². The lowest BCUT2D eigenvalue weighted by Crippen LogP contribution is -2.40. The molecule has 1 saturated heterocycles. The van der Waals surface area contributed by atoms with Crippen LogP contribution in [0.1, 0.15) is 31.9 Å². The van der Waals surface area contributed by atoms with Crippen LogP contribution in [0.2, 0.25) is 0 Å². The van der Waals surface area contributed by atoms with Crippen LogP contribution in [0.25, 0.3) is 0 Å². The minimum atomic E-state index is -0.943. The van der Waals surface area contributed by atoms with Gasteiger partial charge in [0.1, 0.15) is 11.9 Å². The zero-order valence-corrected chi connectivity index (χ0v) is 14.5. The third-order valence-corrected chi connectivity index (χ3v) is 4.16. The Bertz CT molecular complexity index is 539. The molecule has 2 atom stereocenters. The van der Waals surface area contributed by atoms with Crippen molar-refractivity contribution in [2.45, 2.75) is 26.4 Å². The summed E-state index contributed by atoms with van der Waals surface area (Å²) < 4.78 is 19.2. The van der Waals surface area contributed by atoms with Crippen molar-refractivity contribution in [1.82, 2.24) is 10.2 Å². The largest absolute Gasteiger partial charge is 0.386 e. The second-order valence-electron chi connectivity index (χ2n) is 5.99. The van der Waals surface area contributed by atoms with Crippen LogP contribution >= 0.6 is 0 Å². The van der Waals surface area contributed by atoms with Crippen molar-refractivity contribution in [2.75, 3.05) is 39.4 Å². The summed E-state index contributed by atoms with van der Waals surface area (Å²) in [6.07, 6.45) is 0.127. The first-order chi connectivity index (χ1) is 11.7. The van der Waals surface area contributed by atoms with E-state index in [4.69, 9.17) is 4.74 Å². The van der Waals surface area contributed by atoms with Gasteiger partial charge >= 0.3 is 0 Å². The summed E-state index contributed by atoms with van der Waals surface area (Å²) in [5.41, 5.74) is 0.285. The minimum absolute atomic E-state index is 0.135. The topological polar surface area (TPSA) is 57.1 Å². The molecule has 0 amide bonds. The molecule has 1 aromatic carbocycles. The summed E-state index contributed by atoms with van der Waals surface area (Å²) in [5.74, 6) is 0.875. The molecule has 5 nitrogen and oxygen atoms in total. The Morgan fingerprint density at radius 1 is 1.46 bits per heavy atom. The van der Waals surface area contributed by atoms with Gasteiger partial charge in [0, 0.05) is 37.7 Å². The Balaban J connectivity index is 1.97. The number of hydrogen-bond donors (Lipinski definition) is 2. The van der Waals surface area contributed by atoms with Crippen LogP contribution < -0.4 is 5.32 Å². The van der Waals surface area contributed by atoms with Crippen molar-refractivity contribution in [1.29, 1.82) is 0 Å². The normalized spacial score (nSPS) is 19.6. The molecule has 1 aliphatic rings. The first kappa shape index (κ1) is 18.7. The number of rotatable bonds is 7. The number of aliphatic imine (C=N–C) groups is 1. The van der Waals surface area contributed by atoms with Gasteiger partial charge in [-0.3, -0.25) is 4.99 Å². The van der Waals surface area contributed by atoms with E-state index < -0.39 is 11.9 Å². The molecule has 2 rings (SSSR count). The van der Waals surface area contributed by atoms with Gasteiger partial charge in [-0.05, 0) is 26.3 Å². The number of nitrogens with one attached hydrogen (secondary N) is 1. The first-order valence-electron chi connectivity index (χ1n) is 8.69. The predicted octanol–water partition coefficient (Wildman–Crippen LogP) is 2.18. The maximum atomic E-state index is 13.7. The summed E-state index contributed by atoms with van der Waals surface area (Å²) in [5, 5.41) is 13.5. The molecule has 6 heteroatoms. The average molecular weight is 337 g/mol. The Morgan fingerprint density at radius 2 is 2.25 bits per heavy atom. The molecule has 1 aliphatic heterocycles. The van der Waals surface area contributed by atoms with Crippen LogP contribution in [0.15, 0.2) is 29.3 Å². The van der Waals surface area contributed by atoms with Crippen LogP contribution in [-0.4, -0.2) is 55.4 Å². The van der Waals surface area contributed by atoms with E-state index in [1.54, 1.807) is 18.2 Å². The molecule has 0 bridgehead atoms.